The Kier molecular flexibility index (Phi) is 4.66. The van der Waals surface area contributed by atoms with Gasteiger partial charge in [-0.15, -0.1) is 0 Å². The van der Waals surface area contributed by atoms with Gasteiger partial charge in [-0.3, -0.25) is 4.18 Å². The van der Waals surface area contributed by atoms with Crippen LogP contribution in [0.2, 0.25) is 0 Å². The van der Waals surface area contributed by atoms with Crippen LogP contribution in [0.3, 0.4) is 0 Å². The number of rotatable bonds is 5. The van der Waals surface area contributed by atoms with Gasteiger partial charge in [0, 0.05) is 0 Å². The minimum absolute atomic E-state index is 0.277. The van der Waals surface area contributed by atoms with Gasteiger partial charge in [0.25, 0.3) is 10.1 Å². The SMILES string of the molecule is COS(=O)(=O)CC(C)O[B]O. The Balaban J connectivity index is 3.84. The molecule has 5 nitrogen and oxygen atoms in total. The molecule has 0 bridgehead atoms. The van der Waals surface area contributed by atoms with Crippen molar-refractivity contribution < 1.29 is 22.3 Å². The van der Waals surface area contributed by atoms with Gasteiger partial charge in [-0.05, 0) is 6.92 Å². The van der Waals surface area contributed by atoms with Crippen LogP contribution in [-0.4, -0.2) is 40.1 Å². The normalized spacial score (nSPS) is 14.5. The first-order chi connectivity index (χ1) is 5.02. The smallest absolute Gasteiger partial charge is 0.429 e. The van der Waals surface area contributed by atoms with E-state index >= 15 is 0 Å². The van der Waals surface area contributed by atoms with Crippen LogP contribution in [0.15, 0.2) is 0 Å². The molecule has 0 saturated heterocycles. The van der Waals surface area contributed by atoms with Gasteiger partial charge in [-0.1, -0.05) is 0 Å². The van der Waals surface area contributed by atoms with E-state index in [1.807, 2.05) is 0 Å². The molecule has 0 heterocycles. The molecule has 0 spiro atoms. The standard InChI is InChI=1S/C4H10BO5S/c1-4(10-5-6)3-11(7,8)9-2/h4,6H,3H2,1-2H3. The second-order valence-electron chi connectivity index (χ2n) is 1.94. The maximum Gasteiger partial charge on any atom is 0.485 e. The minimum Gasteiger partial charge on any atom is -0.429 e. The quantitative estimate of drug-likeness (QED) is 0.430. The van der Waals surface area contributed by atoms with E-state index in [2.05, 4.69) is 8.84 Å². The predicted molar refractivity (Wildman–Crippen MR) is 39.3 cm³/mol. The maximum absolute atomic E-state index is 10.7. The van der Waals surface area contributed by atoms with Crippen LogP contribution in [-0.2, 0) is 19.0 Å². The van der Waals surface area contributed by atoms with E-state index in [0.717, 1.165) is 7.11 Å². The summed E-state index contributed by atoms with van der Waals surface area (Å²) >= 11 is 0. The second kappa shape index (κ2) is 4.71. The van der Waals surface area contributed by atoms with Gasteiger partial charge in [0.2, 0.25) is 0 Å². The fraction of sp³-hybridized carbons (Fsp3) is 1.00. The first-order valence-corrected chi connectivity index (χ1v) is 4.49. The Bertz CT molecular complexity index is 189. The van der Waals surface area contributed by atoms with Crippen molar-refractivity contribution in [2.75, 3.05) is 12.9 Å². The first-order valence-electron chi connectivity index (χ1n) is 2.91. The van der Waals surface area contributed by atoms with E-state index in [-0.39, 0.29) is 5.75 Å². The molecule has 1 atom stereocenters. The fourth-order valence-electron chi connectivity index (χ4n) is 0.499. The zero-order valence-electron chi connectivity index (χ0n) is 6.35. The van der Waals surface area contributed by atoms with Gasteiger partial charge in [0.1, 0.15) is 0 Å². The third-order valence-corrected chi connectivity index (χ3v) is 2.37. The Hall–Kier alpha value is -0.105. The first kappa shape index (κ1) is 10.9. The van der Waals surface area contributed by atoms with Crippen LogP contribution in [0.4, 0.5) is 0 Å². The zero-order valence-corrected chi connectivity index (χ0v) is 7.17. The Morgan fingerprint density at radius 1 is 1.64 bits per heavy atom. The highest BCUT2D eigenvalue weighted by molar-refractivity contribution is 7.86. The van der Waals surface area contributed by atoms with Crippen molar-refractivity contribution >= 4 is 17.8 Å². The molecule has 0 amide bonds. The molecular weight excluding hydrogens is 171 g/mol. The lowest BCUT2D eigenvalue weighted by molar-refractivity contribution is 0.217. The zero-order chi connectivity index (χ0) is 8.91. The molecule has 11 heavy (non-hydrogen) atoms. The van der Waals surface area contributed by atoms with Crippen LogP contribution >= 0.6 is 0 Å². The topological polar surface area (TPSA) is 72.8 Å². The van der Waals surface area contributed by atoms with Gasteiger partial charge in [0.15, 0.2) is 0 Å². The molecule has 65 valence electrons. The molecule has 0 aliphatic heterocycles. The molecule has 1 radical (unpaired) electrons. The third kappa shape index (κ3) is 5.20. The van der Waals surface area contributed by atoms with Gasteiger partial charge < -0.3 is 9.68 Å². The van der Waals surface area contributed by atoms with E-state index in [0.29, 0.717) is 7.69 Å². The molecule has 0 aliphatic rings. The lowest BCUT2D eigenvalue weighted by atomic mass is 10.3. The number of hydrogen-bond acceptors (Lipinski definition) is 5. The molecule has 1 unspecified atom stereocenters. The summed E-state index contributed by atoms with van der Waals surface area (Å²) in [5.74, 6) is -0.277. The van der Waals surface area contributed by atoms with Crippen molar-refractivity contribution in [1.29, 1.82) is 0 Å². The highest BCUT2D eigenvalue weighted by atomic mass is 32.2. The van der Waals surface area contributed by atoms with Crippen LogP contribution in [0, 0.1) is 0 Å². The summed E-state index contributed by atoms with van der Waals surface area (Å²) in [5.41, 5.74) is 0. The van der Waals surface area contributed by atoms with Crippen LogP contribution in [0.5, 0.6) is 0 Å². The second-order valence-corrected chi connectivity index (χ2v) is 3.73. The van der Waals surface area contributed by atoms with Crippen LogP contribution < -0.4 is 0 Å². The lowest BCUT2D eigenvalue weighted by Crippen LogP contribution is -2.23. The fourth-order valence-corrected chi connectivity index (χ4v) is 1.29. The van der Waals surface area contributed by atoms with Crippen LogP contribution in [0.25, 0.3) is 0 Å². The van der Waals surface area contributed by atoms with Crippen molar-refractivity contribution in [2.24, 2.45) is 0 Å². The molecule has 1 N–H and O–H groups in total. The summed E-state index contributed by atoms with van der Waals surface area (Å²) in [5, 5.41) is 8.12. The summed E-state index contributed by atoms with van der Waals surface area (Å²) in [7, 11) is -1.97. The summed E-state index contributed by atoms with van der Waals surface area (Å²) in [6.07, 6.45) is -0.607. The molecule has 0 aliphatic carbocycles. The van der Waals surface area contributed by atoms with Crippen molar-refractivity contribution in [1.82, 2.24) is 0 Å². The van der Waals surface area contributed by atoms with Crippen molar-refractivity contribution in [3.05, 3.63) is 0 Å². The van der Waals surface area contributed by atoms with Gasteiger partial charge in [0.05, 0.1) is 19.0 Å². The third-order valence-electron chi connectivity index (χ3n) is 0.986. The summed E-state index contributed by atoms with van der Waals surface area (Å²) in [4.78, 5) is 0. The van der Waals surface area contributed by atoms with Crippen molar-refractivity contribution in [2.45, 2.75) is 13.0 Å². The Morgan fingerprint density at radius 3 is 2.55 bits per heavy atom. The van der Waals surface area contributed by atoms with E-state index < -0.39 is 16.2 Å². The molecule has 0 rings (SSSR count). The highest BCUT2D eigenvalue weighted by Crippen LogP contribution is 1.97. The van der Waals surface area contributed by atoms with Gasteiger partial charge >= 0.3 is 7.69 Å². The van der Waals surface area contributed by atoms with Crippen molar-refractivity contribution in [3.63, 3.8) is 0 Å². The van der Waals surface area contributed by atoms with E-state index in [9.17, 15) is 8.42 Å². The average molecular weight is 181 g/mol. The van der Waals surface area contributed by atoms with Gasteiger partial charge in [-0.25, -0.2) is 0 Å². The Morgan fingerprint density at radius 2 is 2.18 bits per heavy atom. The van der Waals surface area contributed by atoms with E-state index in [1.54, 1.807) is 0 Å². The molecule has 0 aromatic carbocycles. The van der Waals surface area contributed by atoms with Crippen molar-refractivity contribution in [3.8, 4) is 0 Å². The molecule has 0 aromatic heterocycles. The molecular formula is C4H10BO5S. The molecule has 0 saturated carbocycles. The van der Waals surface area contributed by atoms with E-state index in [4.69, 9.17) is 5.02 Å². The van der Waals surface area contributed by atoms with Gasteiger partial charge in [-0.2, -0.15) is 8.42 Å². The summed E-state index contributed by atoms with van der Waals surface area (Å²) in [6, 6.07) is 0. The molecule has 0 fully saturated rings. The predicted octanol–water partition coefficient (Wildman–Crippen LogP) is -1.11. The summed E-state index contributed by atoms with van der Waals surface area (Å²) < 4.78 is 30.0. The molecule has 7 heteroatoms. The monoisotopic (exact) mass is 181 g/mol. The largest absolute Gasteiger partial charge is 0.485 e. The number of hydrogen-bond donors (Lipinski definition) is 1. The lowest BCUT2D eigenvalue weighted by Gasteiger charge is -2.08. The Labute approximate surface area is 66.7 Å². The highest BCUT2D eigenvalue weighted by Gasteiger charge is 2.14. The van der Waals surface area contributed by atoms with Crippen LogP contribution in [0.1, 0.15) is 6.92 Å². The van der Waals surface area contributed by atoms with E-state index in [1.165, 1.54) is 6.92 Å². The summed E-state index contributed by atoms with van der Waals surface area (Å²) in [6.45, 7) is 1.50. The minimum atomic E-state index is -3.50. The molecule has 0 aromatic rings. The average Bonchev–Trinajstić information content (AvgIpc) is 1.87. The maximum atomic E-state index is 10.7.